The molecule has 1 amide bonds. The third-order valence-corrected chi connectivity index (χ3v) is 5.52. The number of amidine groups is 1. The molecule has 2 heterocycles. The van der Waals surface area contributed by atoms with E-state index in [1.807, 2.05) is 78.9 Å². The quantitative estimate of drug-likeness (QED) is 0.438. The van der Waals surface area contributed by atoms with Crippen molar-refractivity contribution in [2.45, 2.75) is 13.3 Å². The minimum Gasteiger partial charge on any atom is -0.310 e. The second-order valence-electron chi connectivity index (χ2n) is 7.93. The smallest absolute Gasteiger partial charge is 0.282 e. The van der Waals surface area contributed by atoms with E-state index in [-0.39, 0.29) is 11.5 Å². The lowest BCUT2D eigenvalue weighted by atomic mass is 10.1. The van der Waals surface area contributed by atoms with Crippen molar-refractivity contribution in [2.24, 2.45) is 4.99 Å². The first-order valence-corrected chi connectivity index (χ1v) is 11.0. The fraction of sp³-hybridized carbons (Fsp3) is 0.0714. The Bertz CT molecular complexity index is 1520. The van der Waals surface area contributed by atoms with Crippen LogP contribution in [0, 0.1) is 6.92 Å². The third kappa shape index (κ3) is 4.21. The van der Waals surface area contributed by atoms with E-state index in [9.17, 15) is 9.59 Å². The molecule has 0 fully saturated rings. The standard InChI is InChI=1S/C28H22N4O2/c1-19-29-24-17-16-22(18-23(24)27(33)30-19)32-26(21-13-6-3-7-14-21)31-25(28(32)34)15-9-8-12-20-10-4-2-5-11-20/h2-8,10-18H,9H2,1H3,(H,29,30,33)/b12-8+,25-15+. The molecule has 0 unspecified atom stereocenters. The number of H-pyrrole nitrogens is 1. The number of fused-ring (bicyclic) bond motifs is 1. The van der Waals surface area contributed by atoms with Crippen LogP contribution in [0.25, 0.3) is 17.0 Å². The van der Waals surface area contributed by atoms with Gasteiger partial charge in [0.2, 0.25) is 0 Å². The largest absolute Gasteiger partial charge is 0.310 e. The molecule has 0 saturated carbocycles. The van der Waals surface area contributed by atoms with Crippen LogP contribution in [0.4, 0.5) is 5.69 Å². The Morgan fingerprint density at radius 1 is 0.941 bits per heavy atom. The molecule has 1 N–H and O–H groups in total. The Morgan fingerprint density at radius 2 is 1.68 bits per heavy atom. The molecular formula is C28H22N4O2. The van der Waals surface area contributed by atoms with Crippen LogP contribution in [0.2, 0.25) is 0 Å². The van der Waals surface area contributed by atoms with Gasteiger partial charge in [-0.25, -0.2) is 9.98 Å². The molecule has 3 aromatic carbocycles. The van der Waals surface area contributed by atoms with Gasteiger partial charge in [-0.1, -0.05) is 72.8 Å². The molecule has 4 aromatic rings. The third-order valence-electron chi connectivity index (χ3n) is 5.52. The molecule has 1 aliphatic heterocycles. The number of aromatic nitrogens is 2. The highest BCUT2D eigenvalue weighted by atomic mass is 16.2. The summed E-state index contributed by atoms with van der Waals surface area (Å²) in [7, 11) is 0. The van der Waals surface area contributed by atoms with Crippen molar-refractivity contribution in [2.75, 3.05) is 4.90 Å². The lowest BCUT2D eigenvalue weighted by Gasteiger charge is -2.19. The topological polar surface area (TPSA) is 78.4 Å². The number of hydrogen-bond donors (Lipinski definition) is 1. The zero-order valence-electron chi connectivity index (χ0n) is 18.6. The lowest BCUT2D eigenvalue weighted by molar-refractivity contribution is -0.113. The first kappa shape index (κ1) is 21.3. The van der Waals surface area contributed by atoms with Crippen LogP contribution in [0.15, 0.2) is 106 Å². The highest BCUT2D eigenvalue weighted by Gasteiger charge is 2.32. The fourth-order valence-corrected chi connectivity index (χ4v) is 3.91. The van der Waals surface area contributed by atoms with Crippen LogP contribution >= 0.6 is 0 Å². The Hall–Kier alpha value is -4.58. The monoisotopic (exact) mass is 446 g/mol. The number of rotatable bonds is 5. The summed E-state index contributed by atoms with van der Waals surface area (Å²) in [5, 5.41) is 0.423. The number of aryl methyl sites for hydroxylation is 1. The van der Waals surface area contributed by atoms with Crippen LogP contribution in [0.1, 0.15) is 23.4 Å². The maximum Gasteiger partial charge on any atom is 0.282 e. The van der Waals surface area contributed by atoms with E-state index in [1.165, 1.54) is 0 Å². The molecule has 166 valence electrons. The van der Waals surface area contributed by atoms with Gasteiger partial charge in [-0.15, -0.1) is 0 Å². The van der Waals surface area contributed by atoms with Crippen LogP contribution < -0.4 is 10.5 Å². The predicted molar refractivity (Wildman–Crippen MR) is 136 cm³/mol. The van der Waals surface area contributed by atoms with Gasteiger partial charge >= 0.3 is 0 Å². The van der Waals surface area contributed by atoms with Gasteiger partial charge in [0.1, 0.15) is 17.4 Å². The first-order chi connectivity index (χ1) is 16.6. The van der Waals surface area contributed by atoms with Crippen LogP contribution in [-0.4, -0.2) is 21.7 Å². The maximum absolute atomic E-state index is 13.4. The van der Waals surface area contributed by atoms with E-state index < -0.39 is 0 Å². The number of nitrogens with one attached hydrogen (secondary N) is 1. The SMILES string of the molecule is Cc1nc2ccc(N3C(=O)/C(=C\C/C=C/c4ccccc4)N=C3c3ccccc3)cc2c(=O)[nH]1. The fourth-order valence-electron chi connectivity index (χ4n) is 3.91. The summed E-state index contributed by atoms with van der Waals surface area (Å²) < 4.78 is 0. The summed E-state index contributed by atoms with van der Waals surface area (Å²) in [6.45, 7) is 1.74. The molecule has 1 aromatic heterocycles. The Morgan fingerprint density at radius 3 is 2.44 bits per heavy atom. The van der Waals surface area contributed by atoms with Crippen LogP contribution in [0.5, 0.6) is 0 Å². The second kappa shape index (κ2) is 9.11. The van der Waals surface area contributed by atoms with Gasteiger partial charge in [0.15, 0.2) is 0 Å². The maximum atomic E-state index is 13.4. The summed E-state index contributed by atoms with van der Waals surface area (Å²) in [6.07, 6.45) is 6.40. The van der Waals surface area contributed by atoms with E-state index in [0.29, 0.717) is 40.4 Å². The van der Waals surface area contributed by atoms with Gasteiger partial charge in [-0.2, -0.15) is 0 Å². The molecule has 0 atom stereocenters. The van der Waals surface area contributed by atoms with Crippen LogP contribution in [-0.2, 0) is 4.79 Å². The number of carbonyl (C=O) groups excluding carboxylic acids is 1. The van der Waals surface area contributed by atoms with Crippen molar-refractivity contribution >= 4 is 34.4 Å². The zero-order valence-corrected chi connectivity index (χ0v) is 18.6. The van der Waals surface area contributed by atoms with E-state index in [0.717, 1.165) is 11.1 Å². The summed E-state index contributed by atoms with van der Waals surface area (Å²) in [4.78, 5) is 39.3. The number of benzene rings is 3. The number of aliphatic imine (C=N–C) groups is 1. The van der Waals surface area contributed by atoms with Gasteiger partial charge in [0, 0.05) is 5.56 Å². The number of hydrogen-bond acceptors (Lipinski definition) is 4. The predicted octanol–water partition coefficient (Wildman–Crippen LogP) is 5.01. The summed E-state index contributed by atoms with van der Waals surface area (Å²) >= 11 is 0. The summed E-state index contributed by atoms with van der Waals surface area (Å²) in [5.41, 5.74) is 3.19. The Balaban J connectivity index is 1.52. The van der Waals surface area contributed by atoms with Crippen molar-refractivity contribution in [1.29, 1.82) is 0 Å². The number of amides is 1. The Labute approximate surface area is 196 Å². The van der Waals surface area contributed by atoms with Crippen LogP contribution in [0.3, 0.4) is 0 Å². The van der Waals surface area contributed by atoms with Gasteiger partial charge in [0.05, 0.1) is 16.6 Å². The van der Waals surface area contributed by atoms with E-state index >= 15 is 0 Å². The normalized spacial score (nSPS) is 15.0. The zero-order chi connectivity index (χ0) is 23.5. The molecule has 0 spiro atoms. The summed E-state index contributed by atoms with van der Waals surface area (Å²) in [6, 6.07) is 24.8. The average Bonchev–Trinajstić information content (AvgIpc) is 3.19. The van der Waals surface area contributed by atoms with Crippen molar-refractivity contribution in [1.82, 2.24) is 9.97 Å². The number of aromatic amines is 1. The van der Waals surface area contributed by atoms with Gasteiger partial charge < -0.3 is 4.98 Å². The average molecular weight is 447 g/mol. The Kier molecular flexibility index (Phi) is 5.70. The van der Waals surface area contributed by atoms with E-state index in [4.69, 9.17) is 0 Å². The molecule has 1 aliphatic rings. The van der Waals surface area contributed by atoms with Gasteiger partial charge in [-0.3, -0.25) is 14.5 Å². The molecule has 0 radical (unpaired) electrons. The molecule has 0 aliphatic carbocycles. The highest BCUT2D eigenvalue weighted by Crippen LogP contribution is 2.28. The minimum atomic E-state index is -0.240. The van der Waals surface area contributed by atoms with Gasteiger partial charge in [0.25, 0.3) is 11.5 Å². The summed E-state index contributed by atoms with van der Waals surface area (Å²) in [5.74, 6) is 0.838. The number of carbonyl (C=O) groups is 1. The van der Waals surface area contributed by atoms with Crippen molar-refractivity contribution in [3.05, 3.63) is 124 Å². The van der Waals surface area contributed by atoms with Crippen molar-refractivity contribution < 1.29 is 4.79 Å². The molecule has 5 rings (SSSR count). The second-order valence-corrected chi connectivity index (χ2v) is 7.93. The highest BCUT2D eigenvalue weighted by molar-refractivity contribution is 6.32. The molecular weight excluding hydrogens is 424 g/mol. The van der Waals surface area contributed by atoms with E-state index in [1.54, 1.807) is 30.0 Å². The molecule has 6 nitrogen and oxygen atoms in total. The molecule has 0 saturated heterocycles. The number of anilines is 1. The number of nitrogens with zero attached hydrogens (tertiary/aromatic N) is 3. The van der Waals surface area contributed by atoms with Crippen molar-refractivity contribution in [3.8, 4) is 0 Å². The number of allylic oxidation sites excluding steroid dienone is 2. The van der Waals surface area contributed by atoms with Gasteiger partial charge in [-0.05, 0) is 43.2 Å². The minimum absolute atomic E-state index is 0.234. The van der Waals surface area contributed by atoms with E-state index in [2.05, 4.69) is 15.0 Å². The molecule has 6 heteroatoms. The molecule has 34 heavy (non-hydrogen) atoms. The lowest BCUT2D eigenvalue weighted by Crippen LogP contribution is -2.32. The first-order valence-electron chi connectivity index (χ1n) is 11.0. The molecule has 0 bridgehead atoms. The van der Waals surface area contributed by atoms with Crippen molar-refractivity contribution in [3.63, 3.8) is 0 Å².